The first-order valence-electron chi connectivity index (χ1n) is 7.04. The number of nitrogens with zero attached hydrogens (tertiary/aromatic N) is 3. The smallest absolute Gasteiger partial charge is 0.253 e. The van der Waals surface area contributed by atoms with Crippen molar-refractivity contribution in [1.29, 1.82) is 0 Å². The predicted molar refractivity (Wildman–Crippen MR) is 79.7 cm³/mol. The van der Waals surface area contributed by atoms with Crippen LogP contribution in [0.5, 0.6) is 0 Å². The molecule has 3 rings (SSSR count). The molecule has 106 valence electrons. The van der Waals surface area contributed by atoms with Gasteiger partial charge in [0.25, 0.3) is 5.56 Å². The fourth-order valence-corrected chi connectivity index (χ4v) is 2.74. The maximum absolute atomic E-state index is 11.8. The minimum absolute atomic E-state index is 0.155. The number of nitrogens with two attached hydrogens (primary N) is 1. The van der Waals surface area contributed by atoms with Crippen LogP contribution in [-0.2, 0) is 7.05 Å². The molecule has 0 bridgehead atoms. The third kappa shape index (κ3) is 2.33. The second-order valence-corrected chi connectivity index (χ2v) is 5.41. The van der Waals surface area contributed by atoms with E-state index in [0.717, 1.165) is 12.8 Å². The molecule has 2 aromatic heterocycles. The van der Waals surface area contributed by atoms with Gasteiger partial charge >= 0.3 is 0 Å². The van der Waals surface area contributed by atoms with E-state index in [1.807, 2.05) is 0 Å². The molecule has 0 atom stereocenters. The average Bonchev–Trinajstić information content (AvgIpc) is 2.46. The lowest BCUT2D eigenvalue weighted by atomic mass is 9.96. The normalized spacial score (nSPS) is 16.4. The Labute approximate surface area is 117 Å². The number of nitrogens with one attached hydrogen (secondary N) is 1. The zero-order valence-corrected chi connectivity index (χ0v) is 11.6. The average molecular weight is 273 g/mol. The van der Waals surface area contributed by atoms with Crippen molar-refractivity contribution in [2.24, 2.45) is 7.05 Å². The van der Waals surface area contributed by atoms with Gasteiger partial charge in [-0.25, -0.2) is 4.98 Å². The van der Waals surface area contributed by atoms with Crippen LogP contribution in [0.25, 0.3) is 11.0 Å². The Balaban J connectivity index is 1.97. The lowest BCUT2D eigenvalue weighted by molar-refractivity contribution is 0.461. The molecule has 6 nitrogen and oxygen atoms in total. The van der Waals surface area contributed by atoms with E-state index in [2.05, 4.69) is 15.3 Å². The van der Waals surface area contributed by atoms with Crippen LogP contribution in [0.2, 0.25) is 0 Å². The Hall–Kier alpha value is -2.11. The third-order valence-electron chi connectivity index (χ3n) is 3.95. The topological polar surface area (TPSA) is 85.8 Å². The van der Waals surface area contributed by atoms with Gasteiger partial charge in [0.15, 0.2) is 0 Å². The molecule has 0 saturated heterocycles. The van der Waals surface area contributed by atoms with E-state index < -0.39 is 0 Å². The van der Waals surface area contributed by atoms with E-state index in [4.69, 9.17) is 5.73 Å². The summed E-state index contributed by atoms with van der Waals surface area (Å²) >= 11 is 0. The van der Waals surface area contributed by atoms with Gasteiger partial charge in [-0.15, -0.1) is 0 Å². The number of aryl methyl sites for hydroxylation is 1. The Morgan fingerprint density at radius 3 is 2.85 bits per heavy atom. The van der Waals surface area contributed by atoms with E-state index in [1.54, 1.807) is 13.2 Å². The van der Waals surface area contributed by atoms with Gasteiger partial charge in [0.05, 0.1) is 5.39 Å². The van der Waals surface area contributed by atoms with Crippen molar-refractivity contribution in [1.82, 2.24) is 14.5 Å². The quantitative estimate of drug-likeness (QED) is 0.869. The largest absolute Gasteiger partial charge is 0.398 e. The summed E-state index contributed by atoms with van der Waals surface area (Å²) in [4.78, 5) is 20.5. The summed E-state index contributed by atoms with van der Waals surface area (Å²) in [5.74, 6) is 0.574. The van der Waals surface area contributed by atoms with E-state index in [1.165, 1.54) is 29.9 Å². The molecule has 0 amide bonds. The predicted octanol–water partition coefficient (Wildman–Crippen LogP) is 1.66. The molecule has 3 N–H and O–H groups in total. The molecular formula is C14H19N5O. The Bertz CT molecular complexity index is 688. The van der Waals surface area contributed by atoms with Gasteiger partial charge in [-0.2, -0.15) is 4.98 Å². The minimum Gasteiger partial charge on any atom is -0.398 e. The van der Waals surface area contributed by atoms with Crippen molar-refractivity contribution >= 4 is 22.7 Å². The number of aromatic nitrogens is 3. The molecule has 1 saturated carbocycles. The highest BCUT2D eigenvalue weighted by molar-refractivity contribution is 5.87. The van der Waals surface area contributed by atoms with Crippen molar-refractivity contribution < 1.29 is 0 Å². The molecule has 0 spiro atoms. The summed E-state index contributed by atoms with van der Waals surface area (Å²) in [7, 11) is 1.70. The molecule has 0 aliphatic heterocycles. The lowest BCUT2D eigenvalue weighted by Gasteiger charge is -2.22. The SMILES string of the molecule is Cn1c(=O)cc(N)c2cnc(NC3CCCCC3)nc21. The van der Waals surface area contributed by atoms with E-state index in [9.17, 15) is 4.79 Å². The fourth-order valence-electron chi connectivity index (χ4n) is 2.74. The molecular weight excluding hydrogens is 254 g/mol. The Kier molecular flexibility index (Phi) is 3.30. The van der Waals surface area contributed by atoms with Gasteiger partial charge in [-0.05, 0) is 12.8 Å². The van der Waals surface area contributed by atoms with Gasteiger partial charge in [0.2, 0.25) is 5.95 Å². The third-order valence-corrected chi connectivity index (χ3v) is 3.95. The maximum Gasteiger partial charge on any atom is 0.253 e. The number of hydrogen-bond acceptors (Lipinski definition) is 5. The van der Waals surface area contributed by atoms with Crippen LogP contribution in [0.3, 0.4) is 0 Å². The molecule has 2 heterocycles. The molecule has 1 aliphatic carbocycles. The van der Waals surface area contributed by atoms with Crippen molar-refractivity contribution in [3.05, 3.63) is 22.6 Å². The molecule has 1 aliphatic rings. The van der Waals surface area contributed by atoms with Crippen LogP contribution in [0.15, 0.2) is 17.1 Å². The zero-order chi connectivity index (χ0) is 14.1. The highest BCUT2D eigenvalue weighted by Gasteiger charge is 2.15. The maximum atomic E-state index is 11.8. The van der Waals surface area contributed by atoms with Crippen molar-refractivity contribution in [3.8, 4) is 0 Å². The molecule has 2 aromatic rings. The zero-order valence-electron chi connectivity index (χ0n) is 11.6. The molecule has 6 heteroatoms. The van der Waals surface area contributed by atoms with Crippen LogP contribution in [-0.4, -0.2) is 20.6 Å². The summed E-state index contributed by atoms with van der Waals surface area (Å²) in [5, 5.41) is 4.07. The van der Waals surface area contributed by atoms with Gasteiger partial charge in [0.1, 0.15) is 5.65 Å². The Morgan fingerprint density at radius 1 is 1.35 bits per heavy atom. The van der Waals surface area contributed by atoms with Gasteiger partial charge in [-0.3, -0.25) is 9.36 Å². The molecule has 0 radical (unpaired) electrons. The molecule has 0 unspecified atom stereocenters. The van der Waals surface area contributed by atoms with Gasteiger partial charge in [0, 0.05) is 31.0 Å². The second kappa shape index (κ2) is 5.11. The number of hydrogen-bond donors (Lipinski definition) is 2. The molecule has 1 fully saturated rings. The van der Waals surface area contributed by atoms with E-state index in [0.29, 0.717) is 28.7 Å². The lowest BCUT2D eigenvalue weighted by Crippen LogP contribution is -2.24. The van der Waals surface area contributed by atoms with Crippen LogP contribution >= 0.6 is 0 Å². The van der Waals surface area contributed by atoms with Crippen molar-refractivity contribution in [3.63, 3.8) is 0 Å². The summed E-state index contributed by atoms with van der Waals surface area (Å²) in [5.41, 5.74) is 6.69. The highest BCUT2D eigenvalue weighted by Crippen LogP contribution is 2.21. The first-order valence-corrected chi connectivity index (χ1v) is 7.04. The number of fused-ring (bicyclic) bond motifs is 1. The van der Waals surface area contributed by atoms with Gasteiger partial charge in [-0.1, -0.05) is 19.3 Å². The molecule has 20 heavy (non-hydrogen) atoms. The number of nitrogen functional groups attached to an aromatic ring is 1. The van der Waals surface area contributed by atoms with Crippen LogP contribution in [0.1, 0.15) is 32.1 Å². The first-order chi connectivity index (χ1) is 9.65. The van der Waals surface area contributed by atoms with E-state index >= 15 is 0 Å². The van der Waals surface area contributed by atoms with Crippen LogP contribution in [0.4, 0.5) is 11.6 Å². The van der Waals surface area contributed by atoms with Crippen LogP contribution in [0, 0.1) is 0 Å². The summed E-state index contributed by atoms with van der Waals surface area (Å²) in [6.07, 6.45) is 7.78. The number of rotatable bonds is 2. The summed E-state index contributed by atoms with van der Waals surface area (Å²) < 4.78 is 1.50. The van der Waals surface area contributed by atoms with Gasteiger partial charge < -0.3 is 11.1 Å². The monoisotopic (exact) mass is 273 g/mol. The Morgan fingerprint density at radius 2 is 2.10 bits per heavy atom. The van der Waals surface area contributed by atoms with Crippen molar-refractivity contribution in [2.45, 2.75) is 38.1 Å². The molecule has 0 aromatic carbocycles. The first kappa shape index (κ1) is 12.9. The highest BCUT2D eigenvalue weighted by atomic mass is 16.1. The number of anilines is 2. The number of pyridine rings is 1. The van der Waals surface area contributed by atoms with Crippen LogP contribution < -0.4 is 16.6 Å². The second-order valence-electron chi connectivity index (χ2n) is 5.41. The minimum atomic E-state index is -0.155. The van der Waals surface area contributed by atoms with E-state index in [-0.39, 0.29) is 5.56 Å². The summed E-state index contributed by atoms with van der Waals surface area (Å²) in [6, 6.07) is 1.83. The van der Waals surface area contributed by atoms with Crippen molar-refractivity contribution in [2.75, 3.05) is 11.1 Å². The standard InChI is InChI=1S/C14H19N5O/c1-19-12(20)7-11(15)10-8-16-14(18-13(10)19)17-9-5-3-2-4-6-9/h7-9H,2-6,15H2,1H3,(H,16,17,18). The summed E-state index contributed by atoms with van der Waals surface area (Å²) in [6.45, 7) is 0. The fraction of sp³-hybridized carbons (Fsp3) is 0.500.